The molecule has 184 valence electrons. The average Bonchev–Trinajstić information content (AvgIpc) is 3.52. The number of ether oxygens (including phenoxy) is 1. The minimum Gasteiger partial charge on any atom is -0.497 e. The molecule has 0 radical (unpaired) electrons. The second kappa shape index (κ2) is 9.48. The van der Waals surface area contributed by atoms with Crippen molar-refractivity contribution in [3.63, 3.8) is 0 Å². The van der Waals surface area contributed by atoms with Crippen molar-refractivity contribution >= 4 is 26.7 Å². The summed E-state index contributed by atoms with van der Waals surface area (Å²) < 4.78 is 36.3. The first-order chi connectivity index (χ1) is 16.9. The number of rotatable bonds is 7. The molecule has 1 aliphatic rings. The van der Waals surface area contributed by atoms with E-state index >= 15 is 0 Å². The van der Waals surface area contributed by atoms with Gasteiger partial charge in [0.2, 0.25) is 0 Å². The van der Waals surface area contributed by atoms with Crippen molar-refractivity contribution in [3.8, 4) is 5.75 Å². The summed E-state index contributed by atoms with van der Waals surface area (Å²) in [7, 11) is 1.64. The number of fused-ring (bicyclic) bond motifs is 1. The van der Waals surface area contributed by atoms with Gasteiger partial charge >= 0.3 is 0 Å². The van der Waals surface area contributed by atoms with Gasteiger partial charge in [-0.05, 0) is 31.2 Å². The lowest BCUT2D eigenvalue weighted by Crippen LogP contribution is -2.57. The Kier molecular flexibility index (Phi) is 6.39. The molecule has 11 heteroatoms. The second-order valence-electron chi connectivity index (χ2n) is 8.67. The van der Waals surface area contributed by atoms with Crippen LogP contribution in [0.15, 0.2) is 49.1 Å². The van der Waals surface area contributed by atoms with Crippen LogP contribution in [-0.2, 0) is 12.1 Å². The molecule has 0 amide bonds. The normalized spacial score (nSPS) is 17.5. The topological polar surface area (TPSA) is 79.5 Å². The van der Waals surface area contributed by atoms with E-state index < -0.39 is 23.3 Å². The minimum atomic E-state index is -1.65. The number of aliphatic hydroxyl groups is 1. The molecule has 1 aliphatic heterocycles. The van der Waals surface area contributed by atoms with Gasteiger partial charge in [-0.15, -0.1) is 0 Å². The van der Waals surface area contributed by atoms with Crippen LogP contribution in [0.5, 0.6) is 5.75 Å². The van der Waals surface area contributed by atoms with E-state index in [9.17, 15) is 13.9 Å². The third-order valence-electron chi connectivity index (χ3n) is 6.68. The maximum atomic E-state index is 14.9. The molecule has 3 heterocycles. The Bertz CT molecular complexity index is 1310. The number of thiazole rings is 1. The molecule has 4 aromatic rings. The molecular weight excluding hydrogens is 474 g/mol. The highest BCUT2D eigenvalue weighted by Crippen LogP contribution is 2.35. The third-order valence-corrected chi connectivity index (χ3v) is 7.75. The van der Waals surface area contributed by atoms with E-state index in [1.807, 2.05) is 25.1 Å². The van der Waals surface area contributed by atoms with Crippen LogP contribution in [0.3, 0.4) is 0 Å². The summed E-state index contributed by atoms with van der Waals surface area (Å²) in [5.41, 5.74) is -0.694. The predicted molar refractivity (Wildman–Crippen MR) is 130 cm³/mol. The van der Waals surface area contributed by atoms with Gasteiger partial charge in [0, 0.05) is 43.9 Å². The van der Waals surface area contributed by atoms with E-state index in [1.54, 1.807) is 18.4 Å². The Balaban J connectivity index is 1.36. The molecule has 0 spiro atoms. The molecule has 1 N–H and O–H groups in total. The van der Waals surface area contributed by atoms with Crippen molar-refractivity contribution in [2.45, 2.75) is 25.1 Å². The summed E-state index contributed by atoms with van der Waals surface area (Å²) in [6.07, 6.45) is 2.83. The maximum absolute atomic E-state index is 14.9. The summed E-state index contributed by atoms with van der Waals surface area (Å²) in [4.78, 5) is 13.0. The summed E-state index contributed by atoms with van der Waals surface area (Å²) >= 11 is 1.61. The number of aromatic nitrogens is 4. The van der Waals surface area contributed by atoms with Gasteiger partial charge in [0.05, 0.1) is 23.9 Å². The van der Waals surface area contributed by atoms with E-state index in [4.69, 9.17) is 9.72 Å². The molecule has 0 aliphatic carbocycles. The van der Waals surface area contributed by atoms with E-state index in [2.05, 4.69) is 19.9 Å². The molecule has 35 heavy (non-hydrogen) atoms. The van der Waals surface area contributed by atoms with Gasteiger partial charge in [-0.1, -0.05) is 17.4 Å². The van der Waals surface area contributed by atoms with Gasteiger partial charge in [0.25, 0.3) is 0 Å². The molecule has 1 saturated heterocycles. The maximum Gasteiger partial charge on any atom is 0.186 e. The molecule has 0 unspecified atom stereocenters. The molecule has 2 atom stereocenters. The standard InChI is InChI=1S/C24H26F2N6O2S/c1-16(24(33,13-32-15-27-14-28-32)19-5-3-17(25)11-20(19)26)30-7-9-31(10-8-30)23-29-21-6-4-18(34-2)12-22(21)35-23/h3-6,11-12,14-16,33H,7-10,13H2,1-2H3/t16-,24-/m1/s1. The van der Waals surface area contributed by atoms with Crippen molar-refractivity contribution in [3.05, 3.63) is 66.3 Å². The van der Waals surface area contributed by atoms with E-state index in [0.29, 0.717) is 26.2 Å². The molecule has 2 aromatic carbocycles. The van der Waals surface area contributed by atoms with Gasteiger partial charge in [0.1, 0.15) is 35.6 Å². The number of halogens is 2. The zero-order valence-electron chi connectivity index (χ0n) is 19.4. The SMILES string of the molecule is COc1ccc2nc(N3CCN([C@H](C)[C@](O)(Cn4cncn4)c4ccc(F)cc4F)CC3)sc2c1. The van der Waals surface area contributed by atoms with Gasteiger partial charge in [-0.3, -0.25) is 4.90 Å². The van der Waals surface area contributed by atoms with Crippen molar-refractivity contribution in [2.24, 2.45) is 0 Å². The molecule has 5 rings (SSSR count). The highest BCUT2D eigenvalue weighted by molar-refractivity contribution is 7.22. The van der Waals surface area contributed by atoms with Crippen molar-refractivity contribution in [1.82, 2.24) is 24.6 Å². The van der Waals surface area contributed by atoms with Crippen molar-refractivity contribution in [1.29, 1.82) is 0 Å². The number of anilines is 1. The predicted octanol–water partition coefficient (Wildman–Crippen LogP) is 3.27. The number of hydrogen-bond acceptors (Lipinski definition) is 8. The Morgan fingerprint density at radius 3 is 2.63 bits per heavy atom. The Morgan fingerprint density at radius 2 is 1.94 bits per heavy atom. The lowest BCUT2D eigenvalue weighted by atomic mass is 9.85. The first kappa shape index (κ1) is 23.6. The summed E-state index contributed by atoms with van der Waals surface area (Å²) in [5.74, 6) is -0.682. The molecule has 2 aromatic heterocycles. The van der Waals surface area contributed by atoms with Crippen LogP contribution in [0.25, 0.3) is 10.2 Å². The Labute approximate surface area is 205 Å². The van der Waals surface area contributed by atoms with Crippen LogP contribution in [0.1, 0.15) is 12.5 Å². The van der Waals surface area contributed by atoms with Gasteiger partial charge in [0.15, 0.2) is 5.13 Å². The number of piperazine rings is 1. The van der Waals surface area contributed by atoms with Crippen LogP contribution in [0.2, 0.25) is 0 Å². The fraction of sp³-hybridized carbons (Fsp3) is 0.375. The first-order valence-electron chi connectivity index (χ1n) is 11.3. The molecule has 0 saturated carbocycles. The van der Waals surface area contributed by atoms with E-state index in [1.165, 1.54) is 23.4 Å². The fourth-order valence-electron chi connectivity index (χ4n) is 4.60. The van der Waals surface area contributed by atoms with Gasteiger partial charge in [-0.25, -0.2) is 23.4 Å². The van der Waals surface area contributed by atoms with E-state index in [-0.39, 0.29) is 12.1 Å². The highest BCUT2D eigenvalue weighted by Gasteiger charge is 2.42. The molecule has 8 nitrogen and oxygen atoms in total. The van der Waals surface area contributed by atoms with Crippen LogP contribution in [0.4, 0.5) is 13.9 Å². The quantitative estimate of drug-likeness (QED) is 0.417. The number of methoxy groups -OCH3 is 1. The molecular formula is C24H26F2N6O2S. The summed E-state index contributed by atoms with van der Waals surface area (Å²) in [5, 5.41) is 16.9. The lowest BCUT2D eigenvalue weighted by molar-refractivity contribution is -0.0650. The molecule has 1 fully saturated rings. The van der Waals surface area contributed by atoms with Crippen LogP contribution >= 0.6 is 11.3 Å². The zero-order chi connectivity index (χ0) is 24.6. The first-order valence-corrected chi connectivity index (χ1v) is 12.1. The smallest absolute Gasteiger partial charge is 0.186 e. The fourth-order valence-corrected chi connectivity index (χ4v) is 5.65. The monoisotopic (exact) mass is 500 g/mol. The van der Waals surface area contributed by atoms with Gasteiger partial charge in [-0.2, -0.15) is 5.10 Å². The summed E-state index contributed by atoms with van der Waals surface area (Å²) in [6, 6.07) is 8.63. The summed E-state index contributed by atoms with van der Waals surface area (Å²) in [6.45, 7) is 4.53. The van der Waals surface area contributed by atoms with Crippen LogP contribution < -0.4 is 9.64 Å². The number of nitrogens with zero attached hydrogens (tertiary/aromatic N) is 6. The van der Waals surface area contributed by atoms with Crippen molar-refractivity contribution < 1.29 is 18.6 Å². The largest absolute Gasteiger partial charge is 0.497 e. The Hall–Kier alpha value is -3.15. The average molecular weight is 501 g/mol. The Morgan fingerprint density at radius 1 is 1.14 bits per heavy atom. The molecule has 0 bridgehead atoms. The van der Waals surface area contributed by atoms with Gasteiger partial charge < -0.3 is 14.7 Å². The van der Waals surface area contributed by atoms with Crippen LogP contribution in [0, 0.1) is 11.6 Å². The van der Waals surface area contributed by atoms with E-state index in [0.717, 1.165) is 33.2 Å². The number of hydrogen-bond donors (Lipinski definition) is 1. The number of benzene rings is 2. The minimum absolute atomic E-state index is 0.0172. The van der Waals surface area contributed by atoms with Crippen LogP contribution in [-0.4, -0.2) is 69.1 Å². The second-order valence-corrected chi connectivity index (χ2v) is 9.68. The van der Waals surface area contributed by atoms with Crippen molar-refractivity contribution in [2.75, 3.05) is 38.2 Å². The third kappa shape index (κ3) is 4.58. The lowest BCUT2D eigenvalue weighted by Gasteiger charge is -2.44. The zero-order valence-corrected chi connectivity index (χ0v) is 20.3. The highest BCUT2D eigenvalue weighted by atomic mass is 32.1.